The quantitative estimate of drug-likeness (QED) is 0.329. The van der Waals surface area contributed by atoms with Crippen molar-refractivity contribution in [3.05, 3.63) is 63.6 Å². The molecule has 3 aliphatic rings. The molecule has 4 heterocycles. The molecule has 4 N–H and O–H groups in total. The molecule has 1 aromatic carbocycles. The molecule has 0 radical (unpaired) electrons. The van der Waals surface area contributed by atoms with Crippen molar-refractivity contribution >= 4 is 34.5 Å². The number of hydrogen-bond donors (Lipinski definition) is 4. The Morgan fingerprint density at radius 2 is 1.67 bits per heavy atom. The lowest BCUT2D eigenvalue weighted by molar-refractivity contribution is -0.160. The molecule has 0 saturated heterocycles. The first kappa shape index (κ1) is 37.4. The predicted molar refractivity (Wildman–Crippen MR) is 179 cm³/mol. The highest BCUT2D eigenvalue weighted by atomic mass is 16.7. The summed E-state index contributed by atoms with van der Waals surface area (Å²) in [6, 6.07) is 0.997. The monoisotopic (exact) mass is 683 g/mol. The zero-order valence-electron chi connectivity index (χ0n) is 29.1. The van der Waals surface area contributed by atoms with Gasteiger partial charge in [-0.3, -0.25) is 24.5 Å². The third-order valence-electron chi connectivity index (χ3n) is 9.47. The van der Waals surface area contributed by atoms with Crippen LogP contribution in [0.4, 0.5) is 5.88 Å². The Morgan fingerprint density at radius 1 is 1.00 bits per heavy atom. The van der Waals surface area contributed by atoms with Crippen LogP contribution in [0.2, 0.25) is 0 Å². The Labute approximate surface area is 284 Å². The Morgan fingerprint density at radius 3 is 2.31 bits per heavy atom. The number of nitrogens with one attached hydrogen (secondary N) is 1. The predicted octanol–water partition coefficient (Wildman–Crippen LogP) is 4.30. The fourth-order valence-electron chi connectivity index (χ4n) is 6.34. The lowest BCUT2D eigenvalue weighted by Gasteiger charge is -2.38. The third-order valence-corrected chi connectivity index (χ3v) is 9.47. The summed E-state index contributed by atoms with van der Waals surface area (Å²) in [6.45, 7) is 12.5. The van der Waals surface area contributed by atoms with Gasteiger partial charge in [0, 0.05) is 61.8 Å². The molecule has 13 heteroatoms. The lowest BCUT2D eigenvalue weighted by Crippen LogP contribution is -2.46. The van der Waals surface area contributed by atoms with Crippen LogP contribution in [0.3, 0.4) is 0 Å². The number of aliphatic hydroxyl groups is 2. The van der Waals surface area contributed by atoms with Gasteiger partial charge in [0.25, 0.3) is 11.7 Å². The summed E-state index contributed by atoms with van der Waals surface area (Å²) in [4.78, 5) is 52.4. The van der Waals surface area contributed by atoms with Crippen molar-refractivity contribution < 1.29 is 53.1 Å². The Balaban J connectivity index is 1.84. The second kappa shape index (κ2) is 14.6. The van der Waals surface area contributed by atoms with E-state index in [1.807, 2.05) is 0 Å². The first-order valence-electron chi connectivity index (χ1n) is 16.1. The van der Waals surface area contributed by atoms with Crippen LogP contribution >= 0.6 is 0 Å². The van der Waals surface area contributed by atoms with Crippen LogP contribution in [0.25, 0.3) is 11.0 Å². The van der Waals surface area contributed by atoms with Gasteiger partial charge in [0.15, 0.2) is 16.8 Å². The summed E-state index contributed by atoms with van der Waals surface area (Å²) in [6.07, 6.45) is 3.71. The number of carbonyl (C=O) groups excluding carboxylic acids is 3. The molecule has 0 spiro atoms. The summed E-state index contributed by atoms with van der Waals surface area (Å²) in [5, 5.41) is 35.8. The lowest BCUT2D eigenvalue weighted by atomic mass is 9.78. The smallest absolute Gasteiger partial charge is 0.312 e. The van der Waals surface area contributed by atoms with E-state index in [0.29, 0.717) is 0 Å². The van der Waals surface area contributed by atoms with E-state index in [9.17, 15) is 34.5 Å². The molecule has 9 atom stereocenters. The van der Waals surface area contributed by atoms with Gasteiger partial charge >= 0.3 is 11.8 Å². The van der Waals surface area contributed by atoms with Crippen LogP contribution in [0.15, 0.2) is 51.4 Å². The number of hydrogen-bond acceptors (Lipinski definition) is 12. The van der Waals surface area contributed by atoms with E-state index in [1.165, 1.54) is 53.2 Å². The average molecular weight is 684 g/mol. The second-order valence-electron chi connectivity index (χ2n) is 13.1. The van der Waals surface area contributed by atoms with Gasteiger partial charge in [0.1, 0.15) is 11.9 Å². The van der Waals surface area contributed by atoms with Crippen LogP contribution < -0.4 is 15.5 Å². The van der Waals surface area contributed by atoms with E-state index in [0.717, 1.165) is 6.07 Å². The van der Waals surface area contributed by atoms with Gasteiger partial charge in [-0.1, -0.05) is 45.9 Å². The number of allylic oxidation sites excluding steroid dienone is 2. The molecule has 2 aromatic rings. The number of amides is 1. The molecular weight excluding hydrogens is 638 g/mol. The van der Waals surface area contributed by atoms with Crippen molar-refractivity contribution in [1.82, 2.24) is 0 Å². The van der Waals surface area contributed by atoms with Gasteiger partial charge in [0.05, 0.1) is 35.5 Å². The number of fused-ring (bicyclic) bond motifs is 14. The van der Waals surface area contributed by atoms with Gasteiger partial charge in [-0.15, -0.1) is 0 Å². The zero-order chi connectivity index (χ0) is 36.5. The van der Waals surface area contributed by atoms with Gasteiger partial charge in [-0.2, -0.15) is 0 Å². The minimum absolute atomic E-state index is 0.0639. The number of phenolic OH excluding ortho intramolecular Hbond substituents is 1. The standard InChI is InChI=1S/C36H45NO12/c1-16-11-10-12-17(2)35(44)37-25-15-23(39)26-27-32(21(6)30(42)33(26)48-25)49-36(8,34(27)43)46-14-13-24(45-9)18(3)31(47-22(7)38)20(5)29(41)19(4)28(16)40/h10-16,18-20,24,28-29,31,40-42H,1-9H3,(H,37,44)/b11-10+,14-13+,17-12-/t16-,18+,19+,20+,24-,28-,29+,31+,36-/m0/s1. The number of methoxy groups -OCH3 is 1. The summed E-state index contributed by atoms with van der Waals surface area (Å²) in [5.74, 6) is -7.00. The van der Waals surface area contributed by atoms with E-state index in [1.54, 1.807) is 39.8 Å². The molecule has 0 fully saturated rings. The topological polar surface area (TPSA) is 191 Å². The molecule has 0 saturated carbocycles. The van der Waals surface area contributed by atoms with E-state index in [2.05, 4.69) is 5.32 Å². The molecular formula is C36H45NO12. The number of aliphatic hydroxyl groups excluding tert-OH is 2. The highest BCUT2D eigenvalue weighted by Gasteiger charge is 2.49. The van der Waals surface area contributed by atoms with E-state index in [-0.39, 0.29) is 39.3 Å². The number of rotatable bonds is 2. The van der Waals surface area contributed by atoms with E-state index in [4.69, 9.17) is 23.4 Å². The number of phenols is 1. The zero-order valence-corrected chi connectivity index (χ0v) is 29.1. The normalized spacial score (nSPS) is 33.7. The van der Waals surface area contributed by atoms with Gasteiger partial charge in [-0.25, -0.2) is 0 Å². The van der Waals surface area contributed by atoms with E-state index < -0.39 is 82.7 Å². The number of esters is 1. The van der Waals surface area contributed by atoms with Crippen molar-refractivity contribution in [2.75, 3.05) is 12.4 Å². The van der Waals surface area contributed by atoms with Gasteiger partial charge in [-0.05, 0) is 19.9 Å². The third kappa shape index (κ3) is 7.29. The summed E-state index contributed by atoms with van der Waals surface area (Å²) in [5.41, 5.74) is -0.847. The minimum Gasteiger partial charge on any atom is -0.504 e. The van der Waals surface area contributed by atoms with Crippen LogP contribution in [0.1, 0.15) is 64.4 Å². The average Bonchev–Trinajstić information content (AvgIpc) is 3.31. The summed E-state index contributed by atoms with van der Waals surface area (Å²) < 4.78 is 28.9. The number of aromatic hydroxyl groups is 1. The molecule has 5 bridgehead atoms. The van der Waals surface area contributed by atoms with Crippen LogP contribution in [0, 0.1) is 30.6 Å². The molecule has 0 aliphatic carbocycles. The molecule has 13 nitrogen and oxygen atoms in total. The van der Waals surface area contributed by atoms with Crippen molar-refractivity contribution in [2.24, 2.45) is 23.7 Å². The van der Waals surface area contributed by atoms with Crippen molar-refractivity contribution in [2.45, 2.75) is 85.6 Å². The Bertz CT molecular complexity index is 1770. The molecule has 3 aliphatic heterocycles. The fourth-order valence-corrected chi connectivity index (χ4v) is 6.34. The van der Waals surface area contributed by atoms with Crippen LogP contribution in [0.5, 0.6) is 11.5 Å². The molecule has 49 heavy (non-hydrogen) atoms. The Kier molecular flexibility index (Phi) is 11.1. The van der Waals surface area contributed by atoms with Crippen LogP contribution in [-0.2, 0) is 23.8 Å². The maximum Gasteiger partial charge on any atom is 0.312 e. The van der Waals surface area contributed by atoms with Gasteiger partial charge in [0.2, 0.25) is 5.88 Å². The van der Waals surface area contributed by atoms with Crippen LogP contribution in [-0.4, -0.2) is 70.3 Å². The van der Waals surface area contributed by atoms with Crippen molar-refractivity contribution in [3.8, 4) is 11.5 Å². The van der Waals surface area contributed by atoms with Gasteiger partial charge < -0.3 is 38.7 Å². The van der Waals surface area contributed by atoms with Crippen molar-refractivity contribution in [1.29, 1.82) is 0 Å². The molecule has 0 unspecified atom stereocenters. The first-order valence-corrected chi connectivity index (χ1v) is 16.1. The number of benzene rings is 1. The number of carbonyl (C=O) groups is 3. The maximum absolute atomic E-state index is 13.8. The highest BCUT2D eigenvalue weighted by Crippen LogP contribution is 2.46. The molecule has 266 valence electrons. The minimum atomic E-state index is -1.96. The number of Topliss-reactive ketones (excluding diaryl/α,β-unsaturated/α-hetero) is 1. The second-order valence-corrected chi connectivity index (χ2v) is 13.1. The van der Waals surface area contributed by atoms with Crippen molar-refractivity contribution in [3.63, 3.8) is 0 Å². The molecule has 5 rings (SSSR count). The molecule has 1 aromatic heterocycles. The highest BCUT2D eigenvalue weighted by molar-refractivity contribution is 6.16. The SMILES string of the molecule is CO[C@H]1/C=C/O[C@@]2(C)Oc3c(C)c(O)c4oc(cc(=O)c4c3C2=O)NC(=O)/C(C)=C\C=C\[C@H](C)[C@H](O)[C@@H](C)[C@@H](O)[C@@H](C)[C@H](OC(C)=O)[C@@H]1C. The number of anilines is 1. The number of ether oxygens (including phenoxy) is 4. The largest absolute Gasteiger partial charge is 0.504 e. The summed E-state index contributed by atoms with van der Waals surface area (Å²) >= 11 is 0. The fraction of sp³-hybridized carbons (Fsp3) is 0.500. The molecule has 1 amide bonds. The first-order chi connectivity index (χ1) is 22.9. The maximum atomic E-state index is 13.8. The Hall–Kier alpha value is -4.46. The number of ketones is 1. The van der Waals surface area contributed by atoms with E-state index >= 15 is 0 Å². The summed E-state index contributed by atoms with van der Waals surface area (Å²) in [7, 11) is 1.44.